The highest BCUT2D eigenvalue weighted by atomic mass is 16.5. The van der Waals surface area contributed by atoms with Crippen LogP contribution in [0.3, 0.4) is 0 Å². The lowest BCUT2D eigenvalue weighted by molar-refractivity contribution is -0.134. The monoisotopic (exact) mass is 261 g/mol. The van der Waals surface area contributed by atoms with Gasteiger partial charge in [-0.05, 0) is 12.5 Å². The Bertz CT molecular complexity index is 497. The summed E-state index contributed by atoms with van der Waals surface area (Å²) in [4.78, 5) is 11.3. The van der Waals surface area contributed by atoms with Crippen molar-refractivity contribution < 1.29 is 14.6 Å². The molecule has 102 valence electrons. The molecule has 4 nitrogen and oxygen atoms in total. The Morgan fingerprint density at radius 2 is 2.00 bits per heavy atom. The van der Waals surface area contributed by atoms with Crippen LogP contribution in [0.5, 0.6) is 0 Å². The van der Waals surface area contributed by atoms with Gasteiger partial charge in [-0.3, -0.25) is 0 Å². The molecule has 1 heterocycles. The Labute approximate surface area is 113 Å². The Balaban J connectivity index is 2.38. The van der Waals surface area contributed by atoms with Crippen molar-refractivity contribution in [3.05, 3.63) is 47.7 Å². The highest BCUT2D eigenvalue weighted by Gasteiger charge is 2.48. The molecule has 2 rings (SSSR count). The molecule has 0 spiro atoms. The molecule has 1 saturated heterocycles. The first-order valence-corrected chi connectivity index (χ1v) is 6.34. The standard InChI is InChI=1S/C15H19NO3/c1-10-13(9-14(17)19-3)16-11(2)15(10,18)12-7-5-4-6-8-12/h4-11,16,18H,1-3H3/b13-9+. The molecular formula is C15H19NO3. The second-order valence-electron chi connectivity index (χ2n) is 4.90. The third-order valence-electron chi connectivity index (χ3n) is 3.88. The van der Waals surface area contributed by atoms with Gasteiger partial charge in [-0.2, -0.15) is 0 Å². The van der Waals surface area contributed by atoms with E-state index in [0.717, 1.165) is 5.56 Å². The third-order valence-corrected chi connectivity index (χ3v) is 3.88. The van der Waals surface area contributed by atoms with Crippen molar-refractivity contribution in [1.29, 1.82) is 0 Å². The number of ether oxygens (including phenoxy) is 1. The molecule has 4 heteroatoms. The Morgan fingerprint density at radius 3 is 2.58 bits per heavy atom. The number of nitrogens with one attached hydrogen (secondary N) is 1. The molecule has 0 amide bonds. The molecular weight excluding hydrogens is 242 g/mol. The molecule has 0 radical (unpaired) electrons. The van der Waals surface area contributed by atoms with Crippen LogP contribution in [0.1, 0.15) is 19.4 Å². The van der Waals surface area contributed by atoms with Gasteiger partial charge in [-0.25, -0.2) is 4.79 Å². The van der Waals surface area contributed by atoms with E-state index in [4.69, 9.17) is 0 Å². The fourth-order valence-electron chi connectivity index (χ4n) is 2.65. The number of rotatable bonds is 2. The van der Waals surface area contributed by atoms with Gasteiger partial charge in [0.2, 0.25) is 0 Å². The van der Waals surface area contributed by atoms with E-state index in [1.807, 2.05) is 44.2 Å². The predicted molar refractivity (Wildman–Crippen MR) is 72.2 cm³/mol. The number of aliphatic hydroxyl groups is 1. The maximum absolute atomic E-state index is 11.3. The second kappa shape index (κ2) is 5.05. The van der Waals surface area contributed by atoms with Crippen molar-refractivity contribution in [2.24, 2.45) is 5.92 Å². The van der Waals surface area contributed by atoms with E-state index in [-0.39, 0.29) is 12.0 Å². The number of carbonyl (C=O) groups excluding carboxylic acids is 1. The van der Waals surface area contributed by atoms with Crippen molar-refractivity contribution in [3.63, 3.8) is 0 Å². The number of methoxy groups -OCH3 is 1. The maximum atomic E-state index is 11.3. The first kappa shape index (κ1) is 13.6. The zero-order valence-corrected chi connectivity index (χ0v) is 11.4. The minimum absolute atomic E-state index is 0.180. The van der Waals surface area contributed by atoms with Crippen molar-refractivity contribution in [2.45, 2.75) is 25.5 Å². The first-order valence-electron chi connectivity index (χ1n) is 6.34. The number of hydrogen-bond donors (Lipinski definition) is 2. The van der Waals surface area contributed by atoms with Crippen molar-refractivity contribution in [1.82, 2.24) is 5.32 Å². The highest BCUT2D eigenvalue weighted by molar-refractivity contribution is 5.82. The van der Waals surface area contributed by atoms with E-state index < -0.39 is 11.6 Å². The van der Waals surface area contributed by atoms with Crippen molar-refractivity contribution >= 4 is 5.97 Å². The number of carbonyl (C=O) groups is 1. The zero-order chi connectivity index (χ0) is 14.0. The minimum Gasteiger partial charge on any atom is -0.466 e. The van der Waals surface area contributed by atoms with Crippen LogP contribution in [0.25, 0.3) is 0 Å². The molecule has 3 unspecified atom stereocenters. The van der Waals surface area contributed by atoms with Gasteiger partial charge in [0.05, 0.1) is 13.2 Å². The summed E-state index contributed by atoms with van der Waals surface area (Å²) in [6, 6.07) is 9.32. The predicted octanol–water partition coefficient (Wildman–Crippen LogP) is 1.56. The van der Waals surface area contributed by atoms with Crippen LogP contribution < -0.4 is 5.32 Å². The van der Waals surface area contributed by atoms with Crippen LogP contribution in [-0.2, 0) is 15.1 Å². The molecule has 3 atom stereocenters. The zero-order valence-electron chi connectivity index (χ0n) is 11.4. The second-order valence-corrected chi connectivity index (χ2v) is 4.90. The average molecular weight is 261 g/mol. The normalized spacial score (nSPS) is 32.1. The summed E-state index contributed by atoms with van der Waals surface area (Å²) in [7, 11) is 1.34. The summed E-state index contributed by atoms with van der Waals surface area (Å²) in [6.07, 6.45) is 1.40. The van der Waals surface area contributed by atoms with Gasteiger partial charge >= 0.3 is 5.97 Å². The van der Waals surface area contributed by atoms with Gasteiger partial charge in [0.1, 0.15) is 5.60 Å². The van der Waals surface area contributed by atoms with Crippen molar-refractivity contribution in [3.8, 4) is 0 Å². The summed E-state index contributed by atoms with van der Waals surface area (Å²) >= 11 is 0. The minimum atomic E-state index is -1.03. The lowest BCUT2D eigenvalue weighted by Crippen LogP contribution is -2.40. The molecule has 1 aromatic carbocycles. The summed E-state index contributed by atoms with van der Waals surface area (Å²) in [5.41, 5.74) is 0.516. The van der Waals surface area contributed by atoms with E-state index in [1.54, 1.807) is 0 Å². The van der Waals surface area contributed by atoms with Gasteiger partial charge in [0.25, 0.3) is 0 Å². The van der Waals surface area contributed by atoms with E-state index in [0.29, 0.717) is 5.70 Å². The number of hydrogen-bond acceptors (Lipinski definition) is 4. The number of benzene rings is 1. The Kier molecular flexibility index (Phi) is 3.62. The SMILES string of the molecule is COC(=O)/C=C1/NC(C)C(O)(c2ccccc2)C1C. The first-order chi connectivity index (χ1) is 9.00. The van der Waals surface area contributed by atoms with Gasteiger partial charge in [-0.1, -0.05) is 37.3 Å². The summed E-state index contributed by atoms with van der Waals surface area (Å²) in [6.45, 7) is 3.81. The van der Waals surface area contributed by atoms with E-state index in [9.17, 15) is 9.90 Å². The van der Waals surface area contributed by atoms with Crippen LogP contribution in [0.15, 0.2) is 42.1 Å². The summed E-state index contributed by atoms with van der Waals surface area (Å²) in [5.74, 6) is -0.622. The Hall–Kier alpha value is -1.81. The van der Waals surface area contributed by atoms with E-state index in [2.05, 4.69) is 10.1 Å². The Morgan fingerprint density at radius 1 is 1.37 bits per heavy atom. The van der Waals surface area contributed by atoms with Gasteiger partial charge < -0.3 is 15.2 Å². The fourth-order valence-corrected chi connectivity index (χ4v) is 2.65. The fraction of sp³-hybridized carbons (Fsp3) is 0.400. The molecule has 0 saturated carbocycles. The van der Waals surface area contributed by atoms with E-state index >= 15 is 0 Å². The molecule has 1 aliphatic heterocycles. The average Bonchev–Trinajstić information content (AvgIpc) is 2.65. The molecule has 0 bridgehead atoms. The smallest absolute Gasteiger partial charge is 0.332 e. The summed E-state index contributed by atoms with van der Waals surface area (Å²) < 4.78 is 4.63. The molecule has 0 aromatic heterocycles. The molecule has 2 N–H and O–H groups in total. The highest BCUT2D eigenvalue weighted by Crippen LogP contribution is 2.41. The van der Waals surface area contributed by atoms with Gasteiger partial charge in [-0.15, -0.1) is 0 Å². The van der Waals surface area contributed by atoms with Crippen LogP contribution in [0.2, 0.25) is 0 Å². The van der Waals surface area contributed by atoms with Crippen LogP contribution in [-0.4, -0.2) is 24.2 Å². The molecule has 1 fully saturated rings. The lowest BCUT2D eigenvalue weighted by Gasteiger charge is -2.31. The quantitative estimate of drug-likeness (QED) is 0.626. The van der Waals surface area contributed by atoms with Crippen LogP contribution in [0.4, 0.5) is 0 Å². The van der Waals surface area contributed by atoms with E-state index in [1.165, 1.54) is 13.2 Å². The van der Waals surface area contributed by atoms with Gasteiger partial charge in [0.15, 0.2) is 0 Å². The number of esters is 1. The molecule has 1 aromatic rings. The molecule has 19 heavy (non-hydrogen) atoms. The topological polar surface area (TPSA) is 58.6 Å². The van der Waals surface area contributed by atoms with Crippen molar-refractivity contribution in [2.75, 3.05) is 7.11 Å². The maximum Gasteiger partial charge on any atom is 0.332 e. The lowest BCUT2D eigenvalue weighted by atomic mass is 9.80. The van der Waals surface area contributed by atoms with Crippen LogP contribution in [0, 0.1) is 5.92 Å². The molecule has 0 aliphatic carbocycles. The summed E-state index contributed by atoms with van der Waals surface area (Å²) in [5, 5.41) is 14.2. The largest absolute Gasteiger partial charge is 0.466 e. The van der Waals surface area contributed by atoms with Crippen LogP contribution >= 0.6 is 0 Å². The third kappa shape index (κ3) is 2.24. The van der Waals surface area contributed by atoms with Gasteiger partial charge in [0, 0.05) is 17.7 Å². The molecule has 1 aliphatic rings.